The molecule has 2 aliphatic rings. The summed E-state index contributed by atoms with van der Waals surface area (Å²) < 4.78 is 0. The molecule has 4 heteroatoms. The number of hydrogen-bond donors (Lipinski definition) is 2. The summed E-state index contributed by atoms with van der Waals surface area (Å²) in [5.41, 5.74) is 5.64. The monoisotopic (exact) mass is 267 g/mol. The molecular weight excluding hydrogens is 238 g/mol. The number of carbonyl (C=O) groups is 1. The van der Waals surface area contributed by atoms with Crippen LogP contribution in [0.1, 0.15) is 45.4 Å². The molecule has 2 saturated heterocycles. The van der Waals surface area contributed by atoms with Crippen molar-refractivity contribution < 1.29 is 4.79 Å². The van der Waals surface area contributed by atoms with Gasteiger partial charge < -0.3 is 16.0 Å². The molecule has 2 fully saturated rings. The molecule has 3 N–H and O–H groups in total. The van der Waals surface area contributed by atoms with Crippen LogP contribution in [-0.4, -0.2) is 43.0 Å². The van der Waals surface area contributed by atoms with Crippen molar-refractivity contribution in [1.29, 1.82) is 0 Å². The number of rotatable bonds is 6. The Morgan fingerprint density at radius 3 is 2.53 bits per heavy atom. The lowest BCUT2D eigenvalue weighted by Gasteiger charge is -2.36. The second-order valence-corrected chi connectivity index (χ2v) is 6.41. The third kappa shape index (κ3) is 3.69. The van der Waals surface area contributed by atoms with Gasteiger partial charge in [-0.05, 0) is 51.1 Å². The Morgan fingerprint density at radius 1 is 1.37 bits per heavy atom. The van der Waals surface area contributed by atoms with Crippen molar-refractivity contribution in [3.05, 3.63) is 0 Å². The third-order valence-electron chi connectivity index (χ3n) is 5.17. The zero-order valence-corrected chi connectivity index (χ0v) is 12.4. The van der Waals surface area contributed by atoms with E-state index < -0.39 is 0 Å². The fourth-order valence-corrected chi connectivity index (χ4v) is 3.68. The lowest BCUT2D eigenvalue weighted by Crippen LogP contribution is -2.43. The average molecular weight is 267 g/mol. The van der Waals surface area contributed by atoms with Gasteiger partial charge in [0.05, 0.1) is 0 Å². The van der Waals surface area contributed by atoms with Gasteiger partial charge in [0.2, 0.25) is 5.91 Å². The number of piperidine rings is 1. The highest BCUT2D eigenvalue weighted by molar-refractivity contribution is 5.76. The summed E-state index contributed by atoms with van der Waals surface area (Å²) in [6, 6.07) is 1.51. The van der Waals surface area contributed by atoms with Gasteiger partial charge in [-0.15, -0.1) is 0 Å². The van der Waals surface area contributed by atoms with Gasteiger partial charge in [-0.3, -0.25) is 4.79 Å². The maximum Gasteiger partial charge on any atom is 0.220 e. The average Bonchev–Trinajstić information content (AvgIpc) is 2.65. The van der Waals surface area contributed by atoms with Gasteiger partial charge in [0.1, 0.15) is 0 Å². The number of nitrogens with two attached hydrogens (primary N) is 1. The Labute approximate surface area is 117 Å². The molecule has 2 heterocycles. The minimum atomic E-state index is 0.184. The summed E-state index contributed by atoms with van der Waals surface area (Å²) in [4.78, 5) is 14.4. The third-order valence-corrected chi connectivity index (χ3v) is 5.17. The molecule has 3 atom stereocenters. The van der Waals surface area contributed by atoms with Gasteiger partial charge in [0.15, 0.2) is 0 Å². The van der Waals surface area contributed by atoms with E-state index in [0.717, 1.165) is 25.0 Å². The van der Waals surface area contributed by atoms with Crippen molar-refractivity contribution in [3.63, 3.8) is 0 Å². The lowest BCUT2D eigenvalue weighted by atomic mass is 9.91. The predicted octanol–water partition coefficient (Wildman–Crippen LogP) is 1.35. The fraction of sp³-hybridized carbons (Fsp3) is 0.933. The zero-order chi connectivity index (χ0) is 13.8. The van der Waals surface area contributed by atoms with E-state index in [1.54, 1.807) is 0 Å². The second-order valence-electron chi connectivity index (χ2n) is 6.41. The molecule has 110 valence electrons. The van der Waals surface area contributed by atoms with Crippen molar-refractivity contribution >= 4 is 5.91 Å². The number of fused-ring (bicyclic) bond motifs is 2. The molecule has 2 aliphatic heterocycles. The van der Waals surface area contributed by atoms with Crippen molar-refractivity contribution in [2.45, 2.75) is 57.5 Å². The minimum Gasteiger partial charge on any atom is -0.356 e. The highest BCUT2D eigenvalue weighted by Crippen LogP contribution is 2.36. The normalized spacial score (nSPS) is 32.3. The summed E-state index contributed by atoms with van der Waals surface area (Å²) in [6.07, 6.45) is 6.77. The van der Waals surface area contributed by atoms with Crippen molar-refractivity contribution in [3.8, 4) is 0 Å². The number of hydrogen-bond acceptors (Lipinski definition) is 3. The van der Waals surface area contributed by atoms with Crippen LogP contribution in [0.25, 0.3) is 0 Å². The topological polar surface area (TPSA) is 58.4 Å². The first-order valence-corrected chi connectivity index (χ1v) is 7.82. The van der Waals surface area contributed by atoms with E-state index in [-0.39, 0.29) is 5.91 Å². The number of nitrogens with one attached hydrogen (secondary N) is 1. The summed E-state index contributed by atoms with van der Waals surface area (Å²) in [5, 5.41) is 3.12. The maximum absolute atomic E-state index is 11.9. The molecular formula is C15H29N3O. The summed E-state index contributed by atoms with van der Waals surface area (Å²) in [7, 11) is 2.25. The minimum absolute atomic E-state index is 0.184. The Balaban J connectivity index is 1.70. The first-order valence-electron chi connectivity index (χ1n) is 7.82. The molecule has 0 aromatic rings. The number of nitrogens with zero attached hydrogens (tertiary/aromatic N) is 1. The highest BCUT2D eigenvalue weighted by Gasteiger charge is 2.38. The molecule has 0 aliphatic carbocycles. The SMILES string of the molecule is CCC(CN)CC(=O)NCC1CC2CCC(C1)N2C. The van der Waals surface area contributed by atoms with Crippen LogP contribution in [0, 0.1) is 11.8 Å². The smallest absolute Gasteiger partial charge is 0.220 e. The van der Waals surface area contributed by atoms with Crippen LogP contribution in [0.4, 0.5) is 0 Å². The highest BCUT2D eigenvalue weighted by atomic mass is 16.1. The molecule has 0 saturated carbocycles. The van der Waals surface area contributed by atoms with Crippen molar-refractivity contribution in [2.24, 2.45) is 17.6 Å². The second kappa shape index (κ2) is 6.71. The molecule has 19 heavy (non-hydrogen) atoms. The summed E-state index contributed by atoms with van der Waals surface area (Å²) in [5.74, 6) is 1.20. The van der Waals surface area contributed by atoms with E-state index in [9.17, 15) is 4.79 Å². The standard InChI is InChI=1S/C15H29N3O/c1-3-11(9-16)8-15(19)17-10-12-6-13-4-5-14(7-12)18(13)2/h11-14H,3-10,16H2,1-2H3,(H,17,19). The van der Waals surface area contributed by atoms with Gasteiger partial charge in [-0.25, -0.2) is 0 Å². The van der Waals surface area contributed by atoms with E-state index in [2.05, 4.69) is 24.2 Å². The summed E-state index contributed by atoms with van der Waals surface area (Å²) >= 11 is 0. The molecule has 4 nitrogen and oxygen atoms in total. The number of carbonyl (C=O) groups excluding carboxylic acids is 1. The fourth-order valence-electron chi connectivity index (χ4n) is 3.68. The molecule has 2 bridgehead atoms. The Bertz CT molecular complexity index is 290. The Hall–Kier alpha value is -0.610. The number of amides is 1. The molecule has 0 aromatic carbocycles. The zero-order valence-electron chi connectivity index (χ0n) is 12.4. The van der Waals surface area contributed by atoms with Crippen molar-refractivity contribution in [1.82, 2.24) is 10.2 Å². The molecule has 0 radical (unpaired) electrons. The largest absolute Gasteiger partial charge is 0.356 e. The van der Waals surface area contributed by atoms with Gasteiger partial charge in [-0.2, -0.15) is 0 Å². The first-order chi connectivity index (χ1) is 9.13. The molecule has 3 unspecified atom stereocenters. The molecule has 0 aromatic heterocycles. The van der Waals surface area contributed by atoms with Gasteiger partial charge in [0.25, 0.3) is 0 Å². The van der Waals surface area contributed by atoms with Crippen LogP contribution in [0.5, 0.6) is 0 Å². The quantitative estimate of drug-likeness (QED) is 0.764. The molecule has 1 amide bonds. The van der Waals surface area contributed by atoms with Crippen LogP contribution in [0.2, 0.25) is 0 Å². The van der Waals surface area contributed by atoms with E-state index in [4.69, 9.17) is 5.73 Å². The first kappa shape index (κ1) is 14.8. The van der Waals surface area contributed by atoms with E-state index in [1.807, 2.05) is 0 Å². The van der Waals surface area contributed by atoms with Gasteiger partial charge in [0, 0.05) is 25.0 Å². The predicted molar refractivity (Wildman–Crippen MR) is 77.8 cm³/mol. The summed E-state index contributed by atoms with van der Waals surface area (Å²) in [6.45, 7) is 3.57. The van der Waals surface area contributed by atoms with Crippen LogP contribution in [0.15, 0.2) is 0 Å². The maximum atomic E-state index is 11.9. The van der Waals surface area contributed by atoms with Crippen LogP contribution >= 0.6 is 0 Å². The Morgan fingerprint density at radius 2 is 2.00 bits per heavy atom. The van der Waals surface area contributed by atoms with Crippen LogP contribution < -0.4 is 11.1 Å². The lowest BCUT2D eigenvalue weighted by molar-refractivity contribution is -0.122. The van der Waals surface area contributed by atoms with E-state index >= 15 is 0 Å². The molecule has 2 rings (SSSR count). The van der Waals surface area contributed by atoms with Crippen LogP contribution in [-0.2, 0) is 4.79 Å². The Kier molecular flexibility index (Phi) is 5.22. The van der Waals surface area contributed by atoms with Gasteiger partial charge in [-0.1, -0.05) is 13.3 Å². The van der Waals surface area contributed by atoms with E-state index in [1.165, 1.54) is 25.7 Å². The molecule has 0 spiro atoms. The van der Waals surface area contributed by atoms with E-state index in [0.29, 0.717) is 24.8 Å². The van der Waals surface area contributed by atoms with Crippen molar-refractivity contribution in [2.75, 3.05) is 20.1 Å². The van der Waals surface area contributed by atoms with Gasteiger partial charge >= 0.3 is 0 Å². The van der Waals surface area contributed by atoms with Crippen LogP contribution in [0.3, 0.4) is 0 Å².